The van der Waals surface area contributed by atoms with Crippen molar-refractivity contribution in [1.29, 1.82) is 0 Å². The number of hydrogen-bond acceptors (Lipinski definition) is 6. The fraction of sp³-hybridized carbons (Fsp3) is 0.692. The predicted octanol–water partition coefficient (Wildman–Crippen LogP) is 0.0466. The quantitative estimate of drug-likeness (QED) is 0.849. The van der Waals surface area contributed by atoms with Crippen LogP contribution in [0.5, 0.6) is 0 Å². The van der Waals surface area contributed by atoms with E-state index in [0.717, 1.165) is 17.8 Å². The van der Waals surface area contributed by atoms with Crippen LogP contribution in [0.2, 0.25) is 0 Å². The summed E-state index contributed by atoms with van der Waals surface area (Å²) in [6.45, 7) is 3.19. The molecular weight excluding hydrogens is 292 g/mol. The highest BCUT2D eigenvalue weighted by molar-refractivity contribution is 7.15. The second-order valence-electron chi connectivity index (χ2n) is 5.53. The van der Waals surface area contributed by atoms with Gasteiger partial charge in [-0.05, 0) is 6.42 Å². The van der Waals surface area contributed by atoms with Gasteiger partial charge >= 0.3 is 0 Å². The van der Waals surface area contributed by atoms with Crippen molar-refractivity contribution >= 4 is 28.3 Å². The Labute approximate surface area is 126 Å². The molecule has 1 unspecified atom stereocenters. The lowest BCUT2D eigenvalue weighted by molar-refractivity contribution is -0.145. The van der Waals surface area contributed by atoms with Gasteiger partial charge in [-0.15, -0.1) is 10.2 Å². The maximum absolute atomic E-state index is 12.2. The van der Waals surface area contributed by atoms with Crippen molar-refractivity contribution in [2.75, 3.05) is 24.5 Å². The number of anilines is 1. The summed E-state index contributed by atoms with van der Waals surface area (Å²) in [4.78, 5) is 27.5. The summed E-state index contributed by atoms with van der Waals surface area (Å²) in [5.41, 5.74) is 0. The Hall–Kier alpha value is -1.54. The highest BCUT2D eigenvalue weighted by atomic mass is 32.1. The lowest BCUT2D eigenvalue weighted by atomic mass is 10.0. The van der Waals surface area contributed by atoms with Gasteiger partial charge in [0.15, 0.2) is 0 Å². The van der Waals surface area contributed by atoms with Gasteiger partial charge in [-0.1, -0.05) is 18.3 Å². The molecule has 2 amide bonds. The van der Waals surface area contributed by atoms with Gasteiger partial charge in [0.25, 0.3) is 0 Å². The number of carbonyl (C=O) groups excluding carboxylic acids is 2. The van der Waals surface area contributed by atoms with Gasteiger partial charge in [0.2, 0.25) is 16.9 Å². The molecule has 114 valence electrons. The van der Waals surface area contributed by atoms with E-state index in [1.54, 1.807) is 9.80 Å². The zero-order chi connectivity index (χ0) is 15.0. The second kappa shape index (κ2) is 5.69. The Kier molecular flexibility index (Phi) is 3.90. The Morgan fingerprint density at radius 1 is 1.38 bits per heavy atom. The van der Waals surface area contributed by atoms with Gasteiger partial charge in [-0.25, -0.2) is 0 Å². The van der Waals surface area contributed by atoms with E-state index in [0.29, 0.717) is 24.8 Å². The summed E-state index contributed by atoms with van der Waals surface area (Å²) in [5.74, 6) is -0.452. The SMILES string of the molecule is CCCc1nnc(N2CC(C(=O)N3CC(O)C3)CC2=O)s1. The minimum atomic E-state index is -0.415. The molecule has 21 heavy (non-hydrogen) atoms. The van der Waals surface area contributed by atoms with Crippen LogP contribution in [-0.2, 0) is 16.0 Å². The minimum absolute atomic E-state index is 0.0468. The number of aliphatic hydroxyl groups is 1. The number of aromatic nitrogens is 2. The number of nitrogens with zero attached hydrogens (tertiary/aromatic N) is 4. The molecule has 1 N–H and O–H groups in total. The summed E-state index contributed by atoms with van der Waals surface area (Å²) in [6.07, 6.45) is 1.64. The van der Waals surface area contributed by atoms with Crippen LogP contribution in [0.25, 0.3) is 0 Å². The zero-order valence-corrected chi connectivity index (χ0v) is 12.7. The van der Waals surface area contributed by atoms with Gasteiger partial charge in [0, 0.05) is 32.5 Å². The van der Waals surface area contributed by atoms with Crippen molar-refractivity contribution in [2.45, 2.75) is 32.3 Å². The van der Waals surface area contributed by atoms with Crippen LogP contribution < -0.4 is 4.90 Å². The van der Waals surface area contributed by atoms with Crippen LogP contribution in [0.4, 0.5) is 5.13 Å². The van der Waals surface area contributed by atoms with Crippen molar-refractivity contribution in [1.82, 2.24) is 15.1 Å². The Morgan fingerprint density at radius 3 is 2.81 bits per heavy atom. The molecule has 2 aliphatic heterocycles. The van der Waals surface area contributed by atoms with Crippen LogP contribution in [0.1, 0.15) is 24.8 Å². The van der Waals surface area contributed by atoms with E-state index in [4.69, 9.17) is 0 Å². The molecule has 2 aliphatic rings. The first-order valence-corrected chi connectivity index (χ1v) is 7.99. The Balaban J connectivity index is 1.65. The highest BCUT2D eigenvalue weighted by Crippen LogP contribution is 2.29. The molecular formula is C13H18N4O3S. The van der Waals surface area contributed by atoms with Gasteiger partial charge in [0.1, 0.15) is 5.01 Å². The molecule has 3 heterocycles. The number of amides is 2. The zero-order valence-electron chi connectivity index (χ0n) is 11.9. The molecule has 2 saturated heterocycles. The molecule has 1 atom stereocenters. The fourth-order valence-electron chi connectivity index (χ4n) is 2.62. The van der Waals surface area contributed by atoms with E-state index >= 15 is 0 Å². The van der Waals surface area contributed by atoms with Crippen molar-refractivity contribution in [3.8, 4) is 0 Å². The van der Waals surface area contributed by atoms with Crippen LogP contribution in [0.15, 0.2) is 0 Å². The van der Waals surface area contributed by atoms with Crippen molar-refractivity contribution < 1.29 is 14.7 Å². The molecule has 0 aliphatic carbocycles. The Morgan fingerprint density at radius 2 is 2.14 bits per heavy atom. The van der Waals surface area contributed by atoms with Crippen LogP contribution in [0, 0.1) is 5.92 Å². The van der Waals surface area contributed by atoms with E-state index < -0.39 is 6.10 Å². The smallest absolute Gasteiger partial charge is 0.229 e. The third-order valence-corrected chi connectivity index (χ3v) is 4.81. The number of hydrogen-bond donors (Lipinski definition) is 1. The van der Waals surface area contributed by atoms with E-state index in [2.05, 4.69) is 17.1 Å². The molecule has 0 radical (unpaired) electrons. The first-order chi connectivity index (χ1) is 10.1. The van der Waals surface area contributed by atoms with Crippen molar-refractivity contribution in [2.24, 2.45) is 5.92 Å². The topological polar surface area (TPSA) is 86.6 Å². The summed E-state index contributed by atoms with van der Waals surface area (Å²) in [6, 6.07) is 0. The fourth-order valence-corrected chi connectivity index (χ4v) is 3.59. The van der Waals surface area contributed by atoms with E-state index in [1.165, 1.54) is 11.3 Å². The number of aryl methyl sites for hydroxylation is 1. The molecule has 3 rings (SSSR count). The lowest BCUT2D eigenvalue weighted by Gasteiger charge is -2.37. The van der Waals surface area contributed by atoms with Crippen molar-refractivity contribution in [3.63, 3.8) is 0 Å². The van der Waals surface area contributed by atoms with Crippen molar-refractivity contribution in [3.05, 3.63) is 5.01 Å². The maximum Gasteiger partial charge on any atom is 0.229 e. The van der Waals surface area contributed by atoms with Crippen LogP contribution in [-0.4, -0.2) is 57.8 Å². The summed E-state index contributed by atoms with van der Waals surface area (Å²) >= 11 is 1.42. The van der Waals surface area contributed by atoms with Gasteiger partial charge in [0.05, 0.1) is 12.0 Å². The minimum Gasteiger partial charge on any atom is -0.389 e. The normalized spacial score (nSPS) is 22.8. The molecule has 0 spiro atoms. The number of likely N-dealkylation sites (tertiary alicyclic amines) is 1. The maximum atomic E-state index is 12.2. The average molecular weight is 310 g/mol. The van der Waals surface area contributed by atoms with E-state index in [1.807, 2.05) is 0 Å². The van der Waals surface area contributed by atoms with Gasteiger partial charge < -0.3 is 10.0 Å². The Bertz CT molecular complexity index is 555. The molecule has 7 nitrogen and oxygen atoms in total. The van der Waals surface area contributed by atoms with Gasteiger partial charge in [-0.2, -0.15) is 0 Å². The second-order valence-corrected chi connectivity index (χ2v) is 6.57. The number of rotatable bonds is 4. The molecule has 8 heteroatoms. The van der Waals surface area contributed by atoms with Crippen LogP contribution in [0.3, 0.4) is 0 Å². The summed E-state index contributed by atoms with van der Waals surface area (Å²) in [7, 11) is 0. The predicted molar refractivity (Wildman–Crippen MR) is 77.0 cm³/mol. The molecule has 0 aromatic carbocycles. The average Bonchev–Trinajstić information content (AvgIpc) is 3.01. The number of aliphatic hydroxyl groups excluding tert-OH is 1. The monoisotopic (exact) mass is 310 g/mol. The molecule has 1 aromatic heterocycles. The van der Waals surface area contributed by atoms with E-state index in [9.17, 15) is 14.7 Å². The van der Waals surface area contributed by atoms with Crippen LogP contribution >= 0.6 is 11.3 Å². The summed E-state index contributed by atoms with van der Waals surface area (Å²) < 4.78 is 0. The highest BCUT2D eigenvalue weighted by Gasteiger charge is 2.41. The third-order valence-electron chi connectivity index (χ3n) is 3.80. The first-order valence-electron chi connectivity index (χ1n) is 7.18. The first kappa shape index (κ1) is 14.4. The van der Waals surface area contributed by atoms with E-state index in [-0.39, 0.29) is 24.2 Å². The molecule has 0 bridgehead atoms. The van der Waals surface area contributed by atoms with Gasteiger partial charge in [-0.3, -0.25) is 14.5 Å². The molecule has 0 saturated carbocycles. The molecule has 2 fully saturated rings. The number of carbonyl (C=O) groups is 2. The molecule has 1 aromatic rings. The lowest BCUT2D eigenvalue weighted by Crippen LogP contribution is -2.55. The largest absolute Gasteiger partial charge is 0.389 e. The third kappa shape index (κ3) is 2.77. The number of β-amino-alcohol motifs (C(OH)–C–C–N with tert-alkyl or cyclic N) is 1. The standard InChI is InChI=1S/C13H18N4O3S/c1-2-3-10-14-15-13(21-10)17-5-8(4-11(17)19)12(20)16-6-9(18)7-16/h8-9,18H,2-7H2,1H3. The summed E-state index contributed by atoms with van der Waals surface area (Å²) in [5, 5.41) is 18.9.